The molecule has 0 saturated carbocycles. The van der Waals surface area contributed by atoms with Crippen molar-refractivity contribution in [2.45, 2.75) is 6.42 Å². The second-order valence-corrected chi connectivity index (χ2v) is 4.27. The molecule has 92 valence electrons. The average molecular weight is 309 g/mol. The molecule has 1 aromatic carbocycles. The molecule has 0 fully saturated rings. The van der Waals surface area contributed by atoms with Crippen molar-refractivity contribution < 1.29 is 4.79 Å². The number of hydrazone groups is 1. The molecule has 1 aromatic heterocycles. The van der Waals surface area contributed by atoms with Crippen LogP contribution in [0.15, 0.2) is 33.8 Å². The van der Waals surface area contributed by atoms with E-state index in [2.05, 4.69) is 47.1 Å². The molecule has 0 aliphatic rings. The van der Waals surface area contributed by atoms with Crippen LogP contribution in [-0.4, -0.2) is 32.7 Å². The van der Waals surface area contributed by atoms with Gasteiger partial charge in [0.15, 0.2) is 5.82 Å². The summed E-state index contributed by atoms with van der Waals surface area (Å²) in [5, 5.41) is 16.8. The van der Waals surface area contributed by atoms with E-state index in [0.29, 0.717) is 5.82 Å². The largest absolute Gasteiger partial charge is 0.273 e. The van der Waals surface area contributed by atoms with Crippen LogP contribution in [0.25, 0.3) is 0 Å². The molecule has 0 saturated heterocycles. The van der Waals surface area contributed by atoms with E-state index in [0.717, 1.165) is 10.0 Å². The zero-order chi connectivity index (χ0) is 12.8. The van der Waals surface area contributed by atoms with Gasteiger partial charge in [-0.3, -0.25) is 4.79 Å². The summed E-state index contributed by atoms with van der Waals surface area (Å²) in [7, 11) is 0. The summed E-state index contributed by atoms with van der Waals surface area (Å²) < 4.78 is 0.987. The molecule has 2 N–H and O–H groups in total. The van der Waals surface area contributed by atoms with Crippen molar-refractivity contribution in [2.24, 2.45) is 5.10 Å². The molecule has 0 atom stereocenters. The summed E-state index contributed by atoms with van der Waals surface area (Å²) in [5.41, 5.74) is 3.27. The number of H-pyrrole nitrogens is 1. The van der Waals surface area contributed by atoms with E-state index in [-0.39, 0.29) is 12.3 Å². The molecule has 8 heteroatoms. The Morgan fingerprint density at radius 2 is 2.22 bits per heavy atom. The van der Waals surface area contributed by atoms with Crippen LogP contribution in [0, 0.1) is 0 Å². The molecule has 7 nitrogen and oxygen atoms in total. The molecule has 0 bridgehead atoms. The molecular weight excluding hydrogens is 300 g/mol. The number of benzene rings is 1. The minimum atomic E-state index is -0.301. The van der Waals surface area contributed by atoms with Crippen molar-refractivity contribution in [1.29, 1.82) is 0 Å². The van der Waals surface area contributed by atoms with Crippen molar-refractivity contribution >= 4 is 28.1 Å². The Hall–Kier alpha value is -2.09. The number of hydrogen-bond acceptors (Lipinski definition) is 5. The van der Waals surface area contributed by atoms with E-state index in [4.69, 9.17) is 0 Å². The van der Waals surface area contributed by atoms with Crippen LogP contribution in [0.2, 0.25) is 0 Å². The van der Waals surface area contributed by atoms with Crippen LogP contribution in [0.3, 0.4) is 0 Å². The number of nitrogens with zero attached hydrogens (tertiary/aromatic N) is 4. The standard InChI is InChI=1S/C10H9BrN6O/c11-8-3-1-7(2-4-8)6-12-15-10(18)5-9-13-16-17-14-9/h1-4,6H,5H2,(H,15,18)(H,13,14,16,17)/b12-6-. The minimum Gasteiger partial charge on any atom is -0.273 e. The third kappa shape index (κ3) is 3.74. The van der Waals surface area contributed by atoms with E-state index >= 15 is 0 Å². The normalized spacial score (nSPS) is 10.7. The number of amides is 1. The Kier molecular flexibility index (Phi) is 4.13. The third-order valence-electron chi connectivity index (χ3n) is 1.98. The van der Waals surface area contributed by atoms with Gasteiger partial charge < -0.3 is 0 Å². The summed E-state index contributed by atoms with van der Waals surface area (Å²) in [6.45, 7) is 0. The van der Waals surface area contributed by atoms with Crippen molar-refractivity contribution in [2.75, 3.05) is 0 Å². The molecule has 0 radical (unpaired) electrons. The van der Waals surface area contributed by atoms with Crippen LogP contribution in [0.5, 0.6) is 0 Å². The van der Waals surface area contributed by atoms with Gasteiger partial charge in [-0.2, -0.15) is 10.3 Å². The lowest BCUT2D eigenvalue weighted by atomic mass is 10.2. The highest BCUT2D eigenvalue weighted by Gasteiger charge is 2.05. The Balaban J connectivity index is 1.84. The Morgan fingerprint density at radius 3 is 2.89 bits per heavy atom. The van der Waals surface area contributed by atoms with E-state index in [9.17, 15) is 4.79 Å². The van der Waals surface area contributed by atoms with Gasteiger partial charge in [0.2, 0.25) is 5.91 Å². The average Bonchev–Trinajstić information content (AvgIpc) is 2.84. The molecule has 2 rings (SSSR count). The van der Waals surface area contributed by atoms with Crippen molar-refractivity contribution in [3.63, 3.8) is 0 Å². The first-order valence-electron chi connectivity index (χ1n) is 5.04. The van der Waals surface area contributed by atoms with Gasteiger partial charge in [0.1, 0.15) is 0 Å². The van der Waals surface area contributed by atoms with Crippen LogP contribution >= 0.6 is 15.9 Å². The number of aromatic nitrogens is 4. The van der Waals surface area contributed by atoms with Crippen molar-refractivity contribution in [1.82, 2.24) is 26.0 Å². The number of carbonyl (C=O) groups excluding carboxylic acids is 1. The van der Waals surface area contributed by atoms with E-state index in [1.165, 1.54) is 0 Å². The van der Waals surface area contributed by atoms with Gasteiger partial charge in [-0.1, -0.05) is 33.3 Å². The monoisotopic (exact) mass is 308 g/mol. The van der Waals surface area contributed by atoms with E-state index in [1.807, 2.05) is 24.3 Å². The fraction of sp³-hybridized carbons (Fsp3) is 0.100. The maximum absolute atomic E-state index is 11.4. The zero-order valence-electron chi connectivity index (χ0n) is 9.17. The van der Waals surface area contributed by atoms with Gasteiger partial charge in [0.05, 0.1) is 12.6 Å². The second-order valence-electron chi connectivity index (χ2n) is 3.35. The number of aromatic amines is 1. The highest BCUT2D eigenvalue weighted by Crippen LogP contribution is 2.08. The first kappa shape index (κ1) is 12.4. The van der Waals surface area contributed by atoms with Crippen LogP contribution < -0.4 is 5.43 Å². The predicted octanol–water partition coefficient (Wildman–Crippen LogP) is 0.655. The van der Waals surface area contributed by atoms with Crippen LogP contribution in [0.1, 0.15) is 11.4 Å². The quantitative estimate of drug-likeness (QED) is 0.640. The SMILES string of the molecule is O=C(Cc1nn[nH]n1)N/N=C\c1ccc(Br)cc1. The highest BCUT2D eigenvalue weighted by molar-refractivity contribution is 9.10. The van der Waals surface area contributed by atoms with Crippen molar-refractivity contribution in [3.05, 3.63) is 40.1 Å². The number of rotatable bonds is 4. The smallest absolute Gasteiger partial charge is 0.247 e. The number of halogens is 1. The molecule has 18 heavy (non-hydrogen) atoms. The molecule has 2 aromatic rings. The molecule has 1 amide bonds. The van der Waals surface area contributed by atoms with Gasteiger partial charge in [-0.05, 0) is 17.7 Å². The van der Waals surface area contributed by atoms with Crippen LogP contribution in [0.4, 0.5) is 0 Å². The third-order valence-corrected chi connectivity index (χ3v) is 2.51. The van der Waals surface area contributed by atoms with E-state index < -0.39 is 0 Å². The molecule has 0 unspecified atom stereocenters. The van der Waals surface area contributed by atoms with Gasteiger partial charge in [0, 0.05) is 4.47 Å². The first-order chi connectivity index (χ1) is 8.74. The van der Waals surface area contributed by atoms with Gasteiger partial charge in [0.25, 0.3) is 0 Å². The fourth-order valence-electron chi connectivity index (χ4n) is 1.17. The van der Waals surface area contributed by atoms with Crippen molar-refractivity contribution in [3.8, 4) is 0 Å². The topological polar surface area (TPSA) is 95.9 Å². The predicted molar refractivity (Wildman–Crippen MR) is 67.8 cm³/mol. The first-order valence-corrected chi connectivity index (χ1v) is 5.83. The second kappa shape index (κ2) is 6.01. The summed E-state index contributed by atoms with van der Waals surface area (Å²) in [4.78, 5) is 11.4. The number of tetrazole rings is 1. The number of carbonyl (C=O) groups is 1. The molecular formula is C10H9BrN6O. The Bertz CT molecular complexity index is 536. The Labute approximate surface area is 111 Å². The van der Waals surface area contributed by atoms with Gasteiger partial charge in [-0.15, -0.1) is 10.2 Å². The maximum atomic E-state index is 11.4. The highest BCUT2D eigenvalue weighted by atomic mass is 79.9. The summed E-state index contributed by atoms with van der Waals surface area (Å²) in [5.74, 6) is 0.0242. The lowest BCUT2D eigenvalue weighted by Gasteiger charge is -1.96. The molecule has 0 aliphatic heterocycles. The number of hydrogen-bond donors (Lipinski definition) is 2. The lowest BCUT2D eigenvalue weighted by Crippen LogP contribution is -2.20. The summed E-state index contributed by atoms with van der Waals surface area (Å²) in [6.07, 6.45) is 1.59. The van der Waals surface area contributed by atoms with Gasteiger partial charge in [-0.25, -0.2) is 5.43 Å². The molecule has 0 spiro atoms. The summed E-state index contributed by atoms with van der Waals surface area (Å²) >= 11 is 3.33. The minimum absolute atomic E-state index is 0.0359. The van der Waals surface area contributed by atoms with E-state index in [1.54, 1.807) is 6.21 Å². The fourth-order valence-corrected chi connectivity index (χ4v) is 1.43. The number of nitrogens with one attached hydrogen (secondary N) is 2. The maximum Gasteiger partial charge on any atom is 0.247 e. The molecule has 1 heterocycles. The van der Waals surface area contributed by atoms with Crippen LogP contribution in [-0.2, 0) is 11.2 Å². The Morgan fingerprint density at radius 1 is 1.44 bits per heavy atom. The molecule has 0 aliphatic carbocycles. The lowest BCUT2D eigenvalue weighted by molar-refractivity contribution is -0.120. The zero-order valence-corrected chi connectivity index (χ0v) is 10.8. The van der Waals surface area contributed by atoms with Gasteiger partial charge >= 0.3 is 0 Å². The summed E-state index contributed by atoms with van der Waals surface area (Å²) in [6, 6.07) is 7.53.